The van der Waals surface area contributed by atoms with Crippen LogP contribution in [0.15, 0.2) is 53.4 Å². The second-order valence-corrected chi connectivity index (χ2v) is 4.43. The Labute approximate surface area is 123 Å². The SMILES string of the molecule is O=C(C=C(O)c1coc(-c2ccc(F)cc2)c1)c1ncn[nH]1. The summed E-state index contributed by atoms with van der Waals surface area (Å²) in [7, 11) is 0. The van der Waals surface area contributed by atoms with Crippen molar-refractivity contribution in [2.24, 2.45) is 0 Å². The van der Waals surface area contributed by atoms with Gasteiger partial charge in [-0.25, -0.2) is 9.37 Å². The number of aliphatic hydroxyl groups is 1. The second kappa shape index (κ2) is 5.65. The lowest BCUT2D eigenvalue weighted by molar-refractivity contribution is 0.103. The van der Waals surface area contributed by atoms with Crippen molar-refractivity contribution >= 4 is 11.5 Å². The van der Waals surface area contributed by atoms with Crippen molar-refractivity contribution in [2.45, 2.75) is 0 Å². The third kappa shape index (κ3) is 2.78. The molecule has 0 radical (unpaired) electrons. The predicted molar refractivity (Wildman–Crippen MR) is 75.4 cm³/mol. The minimum absolute atomic E-state index is 0.0220. The summed E-state index contributed by atoms with van der Waals surface area (Å²) >= 11 is 0. The molecule has 0 spiro atoms. The number of carbonyl (C=O) groups is 1. The number of aromatic amines is 1. The number of H-pyrrole nitrogens is 1. The highest BCUT2D eigenvalue weighted by Gasteiger charge is 2.12. The number of furan rings is 1. The van der Waals surface area contributed by atoms with Gasteiger partial charge in [-0.2, -0.15) is 5.10 Å². The van der Waals surface area contributed by atoms with Crippen molar-refractivity contribution in [3.8, 4) is 11.3 Å². The van der Waals surface area contributed by atoms with Gasteiger partial charge in [-0.15, -0.1) is 0 Å². The molecule has 0 aliphatic rings. The van der Waals surface area contributed by atoms with Gasteiger partial charge in [0.2, 0.25) is 5.78 Å². The summed E-state index contributed by atoms with van der Waals surface area (Å²) in [5, 5.41) is 15.9. The van der Waals surface area contributed by atoms with Gasteiger partial charge in [-0.1, -0.05) is 0 Å². The summed E-state index contributed by atoms with van der Waals surface area (Å²) in [5.41, 5.74) is 0.981. The Morgan fingerprint density at radius 3 is 2.77 bits per heavy atom. The monoisotopic (exact) mass is 299 g/mol. The Bertz CT molecular complexity index is 820. The van der Waals surface area contributed by atoms with Crippen LogP contribution >= 0.6 is 0 Å². The summed E-state index contributed by atoms with van der Waals surface area (Å²) in [6.07, 6.45) is 3.51. The van der Waals surface area contributed by atoms with E-state index in [0.717, 1.165) is 6.08 Å². The third-order valence-corrected chi connectivity index (χ3v) is 2.94. The van der Waals surface area contributed by atoms with Crippen LogP contribution in [0.1, 0.15) is 16.2 Å². The van der Waals surface area contributed by atoms with Crippen LogP contribution in [0.3, 0.4) is 0 Å². The van der Waals surface area contributed by atoms with E-state index in [1.807, 2.05) is 0 Å². The van der Waals surface area contributed by atoms with Crippen LogP contribution in [0.25, 0.3) is 17.1 Å². The van der Waals surface area contributed by atoms with Crippen molar-refractivity contribution in [1.29, 1.82) is 0 Å². The first-order chi connectivity index (χ1) is 10.6. The summed E-state index contributed by atoms with van der Waals surface area (Å²) in [5.74, 6) is -0.662. The number of carbonyl (C=O) groups excluding carboxylic acids is 1. The molecular weight excluding hydrogens is 289 g/mol. The molecular formula is C15H10FN3O3. The number of hydrogen-bond donors (Lipinski definition) is 2. The minimum atomic E-state index is -0.514. The third-order valence-electron chi connectivity index (χ3n) is 2.94. The van der Waals surface area contributed by atoms with Gasteiger partial charge in [0.1, 0.15) is 29.9 Å². The van der Waals surface area contributed by atoms with E-state index < -0.39 is 5.78 Å². The van der Waals surface area contributed by atoms with Crippen molar-refractivity contribution in [2.75, 3.05) is 0 Å². The van der Waals surface area contributed by atoms with Crippen LogP contribution in [0, 0.1) is 5.82 Å². The number of aromatic nitrogens is 3. The highest BCUT2D eigenvalue weighted by atomic mass is 19.1. The van der Waals surface area contributed by atoms with E-state index in [0.29, 0.717) is 16.9 Å². The van der Waals surface area contributed by atoms with E-state index >= 15 is 0 Å². The lowest BCUT2D eigenvalue weighted by Crippen LogP contribution is -1.98. The largest absolute Gasteiger partial charge is 0.507 e. The van der Waals surface area contributed by atoms with E-state index in [1.165, 1.54) is 24.7 Å². The minimum Gasteiger partial charge on any atom is -0.507 e. The molecule has 0 unspecified atom stereocenters. The highest BCUT2D eigenvalue weighted by molar-refractivity contribution is 6.05. The van der Waals surface area contributed by atoms with Crippen molar-refractivity contribution < 1.29 is 18.7 Å². The number of allylic oxidation sites excluding steroid dienone is 1. The number of nitrogens with one attached hydrogen (secondary N) is 1. The van der Waals surface area contributed by atoms with E-state index in [4.69, 9.17) is 4.42 Å². The Morgan fingerprint density at radius 1 is 1.32 bits per heavy atom. The lowest BCUT2D eigenvalue weighted by Gasteiger charge is -1.95. The number of benzene rings is 1. The molecule has 0 saturated carbocycles. The van der Waals surface area contributed by atoms with Crippen molar-refractivity contribution in [3.63, 3.8) is 0 Å². The van der Waals surface area contributed by atoms with Crippen LogP contribution in [-0.4, -0.2) is 26.1 Å². The smallest absolute Gasteiger partial charge is 0.226 e. The molecule has 2 heterocycles. The van der Waals surface area contributed by atoms with Crippen LogP contribution in [-0.2, 0) is 0 Å². The first kappa shape index (κ1) is 13.7. The summed E-state index contributed by atoms with van der Waals surface area (Å²) in [6, 6.07) is 7.27. The van der Waals surface area contributed by atoms with E-state index in [2.05, 4.69) is 15.2 Å². The lowest BCUT2D eigenvalue weighted by atomic mass is 10.1. The molecule has 0 atom stereocenters. The molecule has 2 N–H and O–H groups in total. The van der Waals surface area contributed by atoms with Gasteiger partial charge >= 0.3 is 0 Å². The molecule has 3 rings (SSSR count). The second-order valence-electron chi connectivity index (χ2n) is 4.43. The van der Waals surface area contributed by atoms with E-state index in [-0.39, 0.29) is 17.4 Å². The first-order valence-corrected chi connectivity index (χ1v) is 6.28. The molecule has 0 bridgehead atoms. The molecule has 0 aliphatic heterocycles. The van der Waals surface area contributed by atoms with Crippen molar-refractivity contribution in [1.82, 2.24) is 15.2 Å². The fourth-order valence-corrected chi connectivity index (χ4v) is 1.84. The molecule has 6 nitrogen and oxygen atoms in total. The van der Waals surface area contributed by atoms with Crippen LogP contribution in [0.5, 0.6) is 0 Å². The fraction of sp³-hybridized carbons (Fsp3) is 0. The zero-order valence-electron chi connectivity index (χ0n) is 11.2. The number of hydrogen-bond acceptors (Lipinski definition) is 5. The zero-order valence-corrected chi connectivity index (χ0v) is 11.2. The quantitative estimate of drug-likeness (QED) is 0.439. The number of aliphatic hydroxyl groups excluding tert-OH is 1. The topological polar surface area (TPSA) is 92.0 Å². The fourth-order valence-electron chi connectivity index (χ4n) is 1.84. The first-order valence-electron chi connectivity index (χ1n) is 6.28. The molecule has 1 aromatic carbocycles. The van der Waals surface area contributed by atoms with Gasteiger partial charge in [0.05, 0.1) is 5.56 Å². The van der Waals surface area contributed by atoms with Gasteiger partial charge < -0.3 is 9.52 Å². The predicted octanol–water partition coefficient (Wildman–Crippen LogP) is 2.99. The molecule has 22 heavy (non-hydrogen) atoms. The Morgan fingerprint density at radius 2 is 2.09 bits per heavy atom. The summed E-state index contributed by atoms with van der Waals surface area (Å²) in [4.78, 5) is 15.5. The molecule has 0 fully saturated rings. The highest BCUT2D eigenvalue weighted by Crippen LogP contribution is 2.25. The van der Waals surface area contributed by atoms with Gasteiger partial charge in [-0.3, -0.25) is 9.89 Å². The standard InChI is InChI=1S/C15H10FN3O3/c16-11-3-1-9(2-4-11)14-5-10(7-22-14)12(20)6-13(21)15-17-8-18-19-15/h1-8,20H,(H,17,18,19). The van der Waals surface area contributed by atoms with Crippen molar-refractivity contribution in [3.05, 3.63) is 66.2 Å². The van der Waals surface area contributed by atoms with Crippen LogP contribution in [0.2, 0.25) is 0 Å². The Hall–Kier alpha value is -3.22. The Kier molecular flexibility index (Phi) is 3.53. The maximum Gasteiger partial charge on any atom is 0.226 e. The van der Waals surface area contributed by atoms with Gasteiger partial charge in [0.25, 0.3) is 0 Å². The number of ketones is 1. The summed E-state index contributed by atoms with van der Waals surface area (Å²) < 4.78 is 18.2. The number of halogens is 1. The molecule has 0 amide bonds. The molecule has 7 heteroatoms. The van der Waals surface area contributed by atoms with Crippen LogP contribution in [0.4, 0.5) is 4.39 Å². The normalized spacial score (nSPS) is 11.6. The van der Waals surface area contributed by atoms with Gasteiger partial charge in [0, 0.05) is 11.6 Å². The zero-order chi connectivity index (χ0) is 15.5. The van der Waals surface area contributed by atoms with Gasteiger partial charge in [-0.05, 0) is 30.3 Å². The molecule has 0 saturated heterocycles. The van der Waals surface area contributed by atoms with Crippen LogP contribution < -0.4 is 0 Å². The van der Waals surface area contributed by atoms with Gasteiger partial charge in [0.15, 0.2) is 5.82 Å². The number of nitrogens with zero attached hydrogens (tertiary/aromatic N) is 2. The Balaban J connectivity index is 1.84. The maximum absolute atomic E-state index is 12.9. The molecule has 3 aromatic rings. The van der Waals surface area contributed by atoms with E-state index in [9.17, 15) is 14.3 Å². The maximum atomic E-state index is 12.9. The molecule has 2 aromatic heterocycles. The summed E-state index contributed by atoms with van der Waals surface area (Å²) in [6.45, 7) is 0. The molecule has 0 aliphatic carbocycles. The van der Waals surface area contributed by atoms with E-state index in [1.54, 1.807) is 18.2 Å². The number of rotatable bonds is 4. The average molecular weight is 299 g/mol. The average Bonchev–Trinajstić information content (AvgIpc) is 3.20. The molecule has 110 valence electrons.